The van der Waals surface area contributed by atoms with Crippen molar-refractivity contribution in [3.05, 3.63) is 10.6 Å². The second-order valence-electron chi connectivity index (χ2n) is 5.50. The Hall–Kier alpha value is -0.650. The first kappa shape index (κ1) is 15.7. The highest BCUT2D eigenvalue weighted by Gasteiger charge is 2.23. The van der Waals surface area contributed by atoms with Crippen molar-refractivity contribution in [3.8, 4) is 0 Å². The second-order valence-corrected chi connectivity index (χ2v) is 6.56. The lowest BCUT2D eigenvalue weighted by Crippen LogP contribution is -2.32. The van der Waals surface area contributed by atoms with E-state index >= 15 is 0 Å². The molecule has 20 heavy (non-hydrogen) atoms. The number of rotatable bonds is 9. The summed E-state index contributed by atoms with van der Waals surface area (Å²) in [6, 6.07) is 1.26. The standard InChI is InChI=1S/C15H27N3OS/c1-5-11(3)18(6-2)15-17-13(10-19-4)14(20-15)9-16-12-7-8-12/h11-12,16H,5-10H2,1-4H3. The van der Waals surface area contributed by atoms with E-state index in [-0.39, 0.29) is 0 Å². The molecule has 1 aliphatic rings. The van der Waals surface area contributed by atoms with E-state index in [1.165, 1.54) is 17.7 Å². The number of anilines is 1. The van der Waals surface area contributed by atoms with Crippen LogP contribution in [0.15, 0.2) is 0 Å². The smallest absolute Gasteiger partial charge is 0.186 e. The number of methoxy groups -OCH3 is 1. The van der Waals surface area contributed by atoms with Gasteiger partial charge in [0.05, 0.1) is 12.3 Å². The molecule has 1 unspecified atom stereocenters. The first-order valence-corrected chi connectivity index (χ1v) is 8.48. The lowest BCUT2D eigenvalue weighted by molar-refractivity contribution is 0.181. The molecule has 0 aliphatic heterocycles. The molecule has 1 aromatic rings. The van der Waals surface area contributed by atoms with Gasteiger partial charge >= 0.3 is 0 Å². The summed E-state index contributed by atoms with van der Waals surface area (Å²) in [4.78, 5) is 8.54. The maximum atomic E-state index is 5.30. The van der Waals surface area contributed by atoms with Crippen LogP contribution in [0.3, 0.4) is 0 Å². The summed E-state index contributed by atoms with van der Waals surface area (Å²) in [5, 5.41) is 4.72. The fraction of sp³-hybridized carbons (Fsp3) is 0.800. The van der Waals surface area contributed by atoms with E-state index in [1.807, 2.05) is 11.3 Å². The molecule has 1 aliphatic carbocycles. The minimum absolute atomic E-state index is 0.533. The highest BCUT2D eigenvalue weighted by atomic mass is 32.1. The monoisotopic (exact) mass is 297 g/mol. The van der Waals surface area contributed by atoms with Gasteiger partial charge < -0.3 is 15.0 Å². The molecule has 0 spiro atoms. The van der Waals surface area contributed by atoms with E-state index in [4.69, 9.17) is 9.72 Å². The van der Waals surface area contributed by atoms with E-state index in [1.54, 1.807) is 7.11 Å². The SMILES string of the molecule is CCC(C)N(CC)c1nc(COC)c(CNC2CC2)s1. The molecular formula is C15H27N3OS. The number of nitrogens with zero attached hydrogens (tertiary/aromatic N) is 2. The molecule has 1 atom stereocenters. The topological polar surface area (TPSA) is 37.4 Å². The minimum atomic E-state index is 0.533. The van der Waals surface area contributed by atoms with Crippen LogP contribution in [0.25, 0.3) is 0 Å². The molecular weight excluding hydrogens is 270 g/mol. The molecule has 0 saturated heterocycles. The Balaban J connectivity index is 2.12. The lowest BCUT2D eigenvalue weighted by atomic mass is 10.2. The summed E-state index contributed by atoms with van der Waals surface area (Å²) in [6.07, 6.45) is 3.78. The lowest BCUT2D eigenvalue weighted by Gasteiger charge is -2.26. The van der Waals surface area contributed by atoms with Crippen LogP contribution < -0.4 is 10.2 Å². The Bertz CT molecular complexity index is 417. The predicted octanol–water partition coefficient (Wildman–Crippen LogP) is 3.17. The van der Waals surface area contributed by atoms with Crippen LogP contribution in [0, 0.1) is 0 Å². The van der Waals surface area contributed by atoms with Crippen LogP contribution in [0.1, 0.15) is 50.6 Å². The van der Waals surface area contributed by atoms with Gasteiger partial charge in [-0.3, -0.25) is 0 Å². The Kier molecular flexibility index (Phi) is 5.81. The Morgan fingerprint density at radius 2 is 2.20 bits per heavy atom. The molecule has 0 bridgehead atoms. The average Bonchev–Trinajstić information content (AvgIpc) is 3.20. The maximum absolute atomic E-state index is 5.30. The van der Waals surface area contributed by atoms with E-state index in [0.717, 1.165) is 36.4 Å². The number of thiazole rings is 1. The van der Waals surface area contributed by atoms with Crippen LogP contribution in [-0.4, -0.2) is 30.7 Å². The summed E-state index contributed by atoms with van der Waals surface area (Å²) in [5.74, 6) is 0. The number of hydrogen-bond acceptors (Lipinski definition) is 5. The van der Waals surface area contributed by atoms with E-state index in [9.17, 15) is 0 Å². The van der Waals surface area contributed by atoms with Gasteiger partial charge in [-0.15, -0.1) is 11.3 Å². The summed E-state index contributed by atoms with van der Waals surface area (Å²) >= 11 is 1.82. The van der Waals surface area contributed by atoms with Gasteiger partial charge in [-0.2, -0.15) is 0 Å². The highest BCUT2D eigenvalue weighted by Crippen LogP contribution is 2.30. The molecule has 5 heteroatoms. The molecule has 1 heterocycles. The van der Waals surface area contributed by atoms with Crippen molar-refractivity contribution in [1.29, 1.82) is 0 Å². The molecule has 2 rings (SSSR count). The van der Waals surface area contributed by atoms with Crippen molar-refractivity contribution in [3.63, 3.8) is 0 Å². The fourth-order valence-corrected chi connectivity index (χ4v) is 3.44. The summed E-state index contributed by atoms with van der Waals surface area (Å²) in [6.45, 7) is 9.24. The Labute approximate surface area is 126 Å². The van der Waals surface area contributed by atoms with Gasteiger partial charge in [0.2, 0.25) is 0 Å². The van der Waals surface area contributed by atoms with Crippen molar-refractivity contribution >= 4 is 16.5 Å². The van der Waals surface area contributed by atoms with Gasteiger partial charge in [-0.25, -0.2) is 4.98 Å². The van der Waals surface area contributed by atoms with Crippen LogP contribution in [-0.2, 0) is 17.9 Å². The summed E-state index contributed by atoms with van der Waals surface area (Å²) < 4.78 is 5.30. The number of aromatic nitrogens is 1. The fourth-order valence-electron chi connectivity index (χ4n) is 2.26. The molecule has 0 aromatic carbocycles. The minimum Gasteiger partial charge on any atom is -0.378 e. The molecule has 0 radical (unpaired) electrons. The highest BCUT2D eigenvalue weighted by molar-refractivity contribution is 7.15. The normalized spacial score (nSPS) is 16.4. The zero-order valence-corrected chi connectivity index (χ0v) is 13.9. The van der Waals surface area contributed by atoms with E-state index in [2.05, 4.69) is 31.0 Å². The van der Waals surface area contributed by atoms with Gasteiger partial charge in [-0.1, -0.05) is 6.92 Å². The predicted molar refractivity (Wildman–Crippen MR) is 85.5 cm³/mol. The molecule has 114 valence electrons. The maximum Gasteiger partial charge on any atom is 0.186 e. The molecule has 1 saturated carbocycles. The van der Waals surface area contributed by atoms with Gasteiger partial charge in [0, 0.05) is 37.2 Å². The quantitative estimate of drug-likeness (QED) is 0.760. The Morgan fingerprint density at radius 3 is 2.75 bits per heavy atom. The third kappa shape index (κ3) is 3.93. The number of hydrogen-bond donors (Lipinski definition) is 1. The van der Waals surface area contributed by atoms with Gasteiger partial charge in [0.15, 0.2) is 5.13 Å². The van der Waals surface area contributed by atoms with Crippen molar-refractivity contribution in [2.24, 2.45) is 0 Å². The first-order valence-electron chi connectivity index (χ1n) is 7.67. The van der Waals surface area contributed by atoms with Crippen molar-refractivity contribution < 1.29 is 4.74 Å². The average molecular weight is 297 g/mol. The van der Waals surface area contributed by atoms with Crippen LogP contribution in [0.5, 0.6) is 0 Å². The van der Waals surface area contributed by atoms with Gasteiger partial charge in [0.1, 0.15) is 0 Å². The number of nitrogens with one attached hydrogen (secondary N) is 1. The summed E-state index contributed by atoms with van der Waals surface area (Å²) in [5.41, 5.74) is 1.10. The van der Waals surface area contributed by atoms with Crippen LogP contribution in [0.4, 0.5) is 5.13 Å². The molecule has 1 N–H and O–H groups in total. The third-order valence-electron chi connectivity index (χ3n) is 3.89. The largest absolute Gasteiger partial charge is 0.378 e. The van der Waals surface area contributed by atoms with Crippen LogP contribution >= 0.6 is 11.3 Å². The molecule has 1 aromatic heterocycles. The van der Waals surface area contributed by atoms with Crippen molar-refractivity contribution in [2.45, 2.75) is 65.3 Å². The van der Waals surface area contributed by atoms with Gasteiger partial charge in [0.25, 0.3) is 0 Å². The molecule has 4 nitrogen and oxygen atoms in total. The zero-order valence-electron chi connectivity index (χ0n) is 13.1. The zero-order chi connectivity index (χ0) is 14.5. The second kappa shape index (κ2) is 7.38. The van der Waals surface area contributed by atoms with E-state index < -0.39 is 0 Å². The van der Waals surface area contributed by atoms with Crippen LogP contribution in [0.2, 0.25) is 0 Å². The molecule has 0 amide bonds. The number of ether oxygens (including phenoxy) is 1. The summed E-state index contributed by atoms with van der Waals surface area (Å²) in [7, 11) is 1.74. The Morgan fingerprint density at radius 1 is 1.45 bits per heavy atom. The third-order valence-corrected chi connectivity index (χ3v) is 5.02. The van der Waals surface area contributed by atoms with Gasteiger partial charge in [-0.05, 0) is 33.1 Å². The van der Waals surface area contributed by atoms with Crippen molar-refractivity contribution in [1.82, 2.24) is 10.3 Å². The first-order chi connectivity index (χ1) is 9.69. The molecule has 1 fully saturated rings. The van der Waals surface area contributed by atoms with E-state index in [0.29, 0.717) is 12.6 Å². The van der Waals surface area contributed by atoms with Crippen molar-refractivity contribution in [2.75, 3.05) is 18.6 Å².